The second-order valence-electron chi connectivity index (χ2n) is 4.99. The molecule has 0 saturated carbocycles. The number of halogens is 3. The number of amides is 1. The third kappa shape index (κ3) is 5.72. The zero-order chi connectivity index (χ0) is 18.4. The van der Waals surface area contributed by atoms with Gasteiger partial charge < -0.3 is 14.8 Å². The minimum absolute atomic E-state index is 0.218. The van der Waals surface area contributed by atoms with Crippen molar-refractivity contribution >= 4 is 29.2 Å². The number of rotatable bonds is 6. The molecule has 0 saturated heterocycles. The third-order valence-corrected chi connectivity index (χ3v) is 3.25. The van der Waals surface area contributed by atoms with Crippen LogP contribution in [0.4, 0.5) is 14.5 Å². The van der Waals surface area contributed by atoms with E-state index in [9.17, 15) is 18.4 Å². The first-order valence-corrected chi connectivity index (χ1v) is 7.56. The Bertz CT molecular complexity index is 785. The summed E-state index contributed by atoms with van der Waals surface area (Å²) in [5.74, 6) is -2.89. The SMILES string of the molecule is C[C@@H](OC(=O)COc1cccc(Cl)c1)C(=O)Nc1ccc(F)cc1F. The van der Waals surface area contributed by atoms with Crippen LogP contribution in [-0.2, 0) is 14.3 Å². The van der Waals surface area contributed by atoms with E-state index >= 15 is 0 Å². The molecule has 0 aliphatic heterocycles. The van der Waals surface area contributed by atoms with Gasteiger partial charge in [0.1, 0.15) is 17.4 Å². The maximum atomic E-state index is 13.5. The molecular weight excluding hydrogens is 356 g/mol. The average Bonchev–Trinajstić information content (AvgIpc) is 2.55. The number of carbonyl (C=O) groups is 2. The molecule has 0 aromatic heterocycles. The number of esters is 1. The van der Waals surface area contributed by atoms with Crippen LogP contribution in [0.15, 0.2) is 42.5 Å². The highest BCUT2D eigenvalue weighted by atomic mass is 35.5. The quantitative estimate of drug-likeness (QED) is 0.791. The zero-order valence-corrected chi connectivity index (χ0v) is 13.8. The first-order valence-electron chi connectivity index (χ1n) is 7.19. The van der Waals surface area contributed by atoms with Gasteiger partial charge in [0.05, 0.1) is 5.69 Å². The largest absolute Gasteiger partial charge is 0.482 e. The Morgan fingerprint density at radius 3 is 2.64 bits per heavy atom. The predicted octanol–water partition coefficient (Wildman–Crippen LogP) is 3.57. The van der Waals surface area contributed by atoms with Crippen molar-refractivity contribution in [1.29, 1.82) is 0 Å². The van der Waals surface area contributed by atoms with Gasteiger partial charge in [-0.05, 0) is 37.3 Å². The molecule has 0 unspecified atom stereocenters. The Labute approximate surface area is 147 Å². The summed E-state index contributed by atoms with van der Waals surface area (Å²) < 4.78 is 36.4. The molecule has 0 aliphatic carbocycles. The van der Waals surface area contributed by atoms with Crippen LogP contribution in [0.5, 0.6) is 5.75 Å². The predicted molar refractivity (Wildman–Crippen MR) is 87.5 cm³/mol. The number of hydrogen-bond acceptors (Lipinski definition) is 4. The molecule has 2 rings (SSSR count). The number of benzene rings is 2. The van der Waals surface area contributed by atoms with Crippen LogP contribution >= 0.6 is 11.6 Å². The highest BCUT2D eigenvalue weighted by Gasteiger charge is 2.19. The van der Waals surface area contributed by atoms with Crippen molar-refractivity contribution in [3.05, 3.63) is 59.1 Å². The summed E-state index contributed by atoms with van der Waals surface area (Å²) in [5, 5.41) is 2.65. The minimum Gasteiger partial charge on any atom is -0.482 e. The van der Waals surface area contributed by atoms with Crippen molar-refractivity contribution in [3.63, 3.8) is 0 Å². The average molecular weight is 370 g/mol. The Kier molecular flexibility index (Phi) is 6.30. The molecule has 0 radical (unpaired) electrons. The summed E-state index contributed by atoms with van der Waals surface area (Å²) in [6, 6.07) is 9.11. The molecule has 0 aliphatic rings. The first kappa shape index (κ1) is 18.7. The van der Waals surface area contributed by atoms with Crippen LogP contribution in [0, 0.1) is 11.6 Å². The standard InChI is InChI=1S/C17H14ClF2NO4/c1-10(17(23)21-15-6-5-12(19)8-14(15)20)25-16(22)9-24-13-4-2-3-11(18)7-13/h2-8,10H,9H2,1H3,(H,21,23)/t10-/m1/s1. The van der Waals surface area contributed by atoms with Crippen molar-refractivity contribution in [2.24, 2.45) is 0 Å². The van der Waals surface area contributed by atoms with E-state index in [2.05, 4.69) is 5.32 Å². The second kappa shape index (κ2) is 8.43. The molecule has 8 heteroatoms. The molecule has 2 aromatic carbocycles. The van der Waals surface area contributed by atoms with Crippen molar-refractivity contribution in [2.75, 3.05) is 11.9 Å². The fourth-order valence-corrected chi connectivity index (χ4v) is 1.99. The van der Waals surface area contributed by atoms with Gasteiger partial charge >= 0.3 is 5.97 Å². The van der Waals surface area contributed by atoms with Gasteiger partial charge in [-0.2, -0.15) is 0 Å². The number of nitrogens with one attached hydrogen (secondary N) is 1. The van der Waals surface area contributed by atoms with Crippen molar-refractivity contribution in [3.8, 4) is 5.75 Å². The fourth-order valence-electron chi connectivity index (χ4n) is 1.81. The monoisotopic (exact) mass is 369 g/mol. The maximum absolute atomic E-state index is 13.5. The van der Waals surface area contributed by atoms with Gasteiger partial charge in [-0.3, -0.25) is 4.79 Å². The molecule has 5 nitrogen and oxygen atoms in total. The van der Waals surface area contributed by atoms with Crippen LogP contribution in [0.1, 0.15) is 6.92 Å². The maximum Gasteiger partial charge on any atom is 0.344 e. The summed E-state index contributed by atoms with van der Waals surface area (Å²) in [7, 11) is 0. The Balaban J connectivity index is 1.84. The molecule has 25 heavy (non-hydrogen) atoms. The summed E-state index contributed by atoms with van der Waals surface area (Å²) in [6.45, 7) is 0.886. The van der Waals surface area contributed by atoms with Gasteiger partial charge in [-0.15, -0.1) is 0 Å². The van der Waals surface area contributed by atoms with E-state index in [1.807, 2.05) is 0 Å². The van der Waals surface area contributed by atoms with Gasteiger partial charge in [0, 0.05) is 11.1 Å². The van der Waals surface area contributed by atoms with E-state index < -0.39 is 36.2 Å². The lowest BCUT2D eigenvalue weighted by molar-refractivity contribution is -0.155. The Hall–Kier alpha value is -2.67. The Morgan fingerprint density at radius 2 is 1.96 bits per heavy atom. The molecule has 1 amide bonds. The zero-order valence-electron chi connectivity index (χ0n) is 13.1. The lowest BCUT2D eigenvalue weighted by Gasteiger charge is -2.14. The molecule has 0 fully saturated rings. The molecule has 132 valence electrons. The third-order valence-electron chi connectivity index (χ3n) is 3.02. The second-order valence-corrected chi connectivity index (χ2v) is 5.43. The number of anilines is 1. The molecule has 1 N–H and O–H groups in total. The Morgan fingerprint density at radius 1 is 1.20 bits per heavy atom. The minimum atomic E-state index is -1.19. The van der Waals surface area contributed by atoms with Gasteiger partial charge in [0.2, 0.25) is 0 Å². The van der Waals surface area contributed by atoms with E-state index in [1.165, 1.54) is 13.0 Å². The topological polar surface area (TPSA) is 64.6 Å². The van der Waals surface area contributed by atoms with Gasteiger partial charge in [0.25, 0.3) is 5.91 Å². The lowest BCUT2D eigenvalue weighted by Crippen LogP contribution is -2.32. The van der Waals surface area contributed by atoms with Crippen LogP contribution in [0.3, 0.4) is 0 Å². The molecule has 0 spiro atoms. The van der Waals surface area contributed by atoms with E-state index in [1.54, 1.807) is 18.2 Å². The molecule has 1 atom stereocenters. The van der Waals surface area contributed by atoms with Crippen LogP contribution in [0.2, 0.25) is 5.02 Å². The van der Waals surface area contributed by atoms with Gasteiger partial charge in [-0.1, -0.05) is 17.7 Å². The summed E-state index contributed by atoms with van der Waals surface area (Å²) in [6.07, 6.45) is -1.19. The van der Waals surface area contributed by atoms with Crippen molar-refractivity contribution in [1.82, 2.24) is 0 Å². The fraction of sp³-hybridized carbons (Fsp3) is 0.176. The van der Waals surface area contributed by atoms with Gasteiger partial charge in [-0.25, -0.2) is 13.6 Å². The van der Waals surface area contributed by atoms with Crippen molar-refractivity contribution < 1.29 is 27.8 Å². The van der Waals surface area contributed by atoms with E-state index in [-0.39, 0.29) is 5.69 Å². The first-order chi connectivity index (χ1) is 11.8. The smallest absolute Gasteiger partial charge is 0.344 e. The van der Waals surface area contributed by atoms with Crippen LogP contribution in [-0.4, -0.2) is 24.6 Å². The highest BCUT2D eigenvalue weighted by molar-refractivity contribution is 6.30. The lowest BCUT2D eigenvalue weighted by atomic mass is 10.2. The molecule has 2 aromatic rings. The highest BCUT2D eigenvalue weighted by Crippen LogP contribution is 2.17. The normalized spacial score (nSPS) is 11.5. The summed E-state index contributed by atoms with van der Waals surface area (Å²) in [4.78, 5) is 23.6. The number of ether oxygens (including phenoxy) is 2. The summed E-state index contributed by atoms with van der Waals surface area (Å²) >= 11 is 5.78. The van der Waals surface area contributed by atoms with Crippen molar-refractivity contribution in [2.45, 2.75) is 13.0 Å². The molecule has 0 heterocycles. The van der Waals surface area contributed by atoms with Crippen LogP contribution < -0.4 is 10.1 Å². The molecule has 0 bridgehead atoms. The van der Waals surface area contributed by atoms with E-state index in [0.29, 0.717) is 16.8 Å². The summed E-state index contributed by atoms with van der Waals surface area (Å²) in [5.41, 5.74) is -0.218. The van der Waals surface area contributed by atoms with Gasteiger partial charge in [0.15, 0.2) is 12.7 Å². The molecular formula is C17H14ClF2NO4. The van der Waals surface area contributed by atoms with Crippen LogP contribution in [0.25, 0.3) is 0 Å². The van der Waals surface area contributed by atoms with E-state index in [4.69, 9.17) is 21.1 Å². The number of hydrogen-bond donors (Lipinski definition) is 1. The van der Waals surface area contributed by atoms with E-state index in [0.717, 1.165) is 12.1 Å². The number of carbonyl (C=O) groups excluding carboxylic acids is 2.